The normalized spacial score (nSPS) is 12.4. The number of primary amides is 1. The van der Waals surface area contributed by atoms with E-state index in [1.807, 2.05) is 33.1 Å². The van der Waals surface area contributed by atoms with E-state index in [4.69, 9.17) is 11.0 Å². The molecule has 0 saturated carbocycles. The summed E-state index contributed by atoms with van der Waals surface area (Å²) in [6, 6.07) is 0.928. The number of nitrogens with zero attached hydrogens (tertiary/aromatic N) is 3. The molecule has 0 aromatic carbocycles. The van der Waals surface area contributed by atoms with Crippen LogP contribution in [0.5, 0.6) is 0 Å². The van der Waals surface area contributed by atoms with E-state index in [1.54, 1.807) is 0 Å². The summed E-state index contributed by atoms with van der Waals surface area (Å²) >= 11 is 2.67. The van der Waals surface area contributed by atoms with Crippen molar-refractivity contribution in [1.29, 1.82) is 5.26 Å². The van der Waals surface area contributed by atoms with Gasteiger partial charge in [-0.3, -0.25) is 14.9 Å². The SMILES string of the molecule is Cc1nc(NC(=O)C(NCC(C)(C)C)C(N)=O)sc1-c1csc(CC#N)n1. The summed E-state index contributed by atoms with van der Waals surface area (Å²) in [5, 5.41) is 17.3. The fourth-order valence-electron chi connectivity index (χ4n) is 2.16. The Kier molecular flexibility index (Phi) is 6.64. The second-order valence-electron chi connectivity index (χ2n) is 7.16. The molecule has 0 fully saturated rings. The molecule has 0 bridgehead atoms. The van der Waals surface area contributed by atoms with Crippen LogP contribution < -0.4 is 16.4 Å². The fourth-order valence-corrected chi connectivity index (χ4v) is 3.88. The first-order valence-electron chi connectivity index (χ1n) is 8.23. The highest BCUT2D eigenvalue weighted by Gasteiger charge is 2.27. The molecule has 1 atom stereocenters. The van der Waals surface area contributed by atoms with E-state index in [1.165, 1.54) is 22.7 Å². The first-order valence-corrected chi connectivity index (χ1v) is 9.93. The maximum Gasteiger partial charge on any atom is 0.253 e. The molecule has 0 radical (unpaired) electrons. The third kappa shape index (κ3) is 5.82. The molecule has 0 aliphatic rings. The molecule has 8 nitrogen and oxygen atoms in total. The number of aromatic nitrogens is 2. The minimum absolute atomic E-state index is 0.106. The minimum Gasteiger partial charge on any atom is -0.368 e. The zero-order valence-corrected chi connectivity index (χ0v) is 17.3. The third-order valence-corrected chi connectivity index (χ3v) is 5.37. The molecule has 144 valence electrons. The quantitative estimate of drug-likeness (QED) is 0.603. The number of rotatable bonds is 7. The van der Waals surface area contributed by atoms with E-state index in [0.717, 1.165) is 15.6 Å². The van der Waals surface area contributed by atoms with E-state index in [0.29, 0.717) is 17.4 Å². The van der Waals surface area contributed by atoms with Crippen LogP contribution in [0.25, 0.3) is 10.6 Å². The van der Waals surface area contributed by atoms with Crippen molar-refractivity contribution in [2.45, 2.75) is 40.2 Å². The van der Waals surface area contributed by atoms with Crippen LogP contribution in [0.2, 0.25) is 0 Å². The molecule has 2 aromatic rings. The summed E-state index contributed by atoms with van der Waals surface area (Å²) in [6.45, 7) is 8.23. The molecule has 2 aromatic heterocycles. The number of nitrogens with two attached hydrogens (primary N) is 1. The van der Waals surface area contributed by atoms with Crippen LogP contribution in [0.3, 0.4) is 0 Å². The second kappa shape index (κ2) is 8.56. The van der Waals surface area contributed by atoms with Crippen LogP contribution in [0.4, 0.5) is 5.13 Å². The van der Waals surface area contributed by atoms with Crippen LogP contribution in [0.15, 0.2) is 5.38 Å². The van der Waals surface area contributed by atoms with E-state index in [2.05, 4.69) is 26.7 Å². The lowest BCUT2D eigenvalue weighted by molar-refractivity contribution is -0.128. The van der Waals surface area contributed by atoms with Crippen LogP contribution >= 0.6 is 22.7 Å². The van der Waals surface area contributed by atoms with E-state index < -0.39 is 17.9 Å². The highest BCUT2D eigenvalue weighted by Crippen LogP contribution is 2.33. The highest BCUT2D eigenvalue weighted by atomic mass is 32.1. The van der Waals surface area contributed by atoms with Crippen LogP contribution in [-0.2, 0) is 16.0 Å². The Hall–Kier alpha value is -2.35. The number of hydrogen-bond acceptors (Lipinski definition) is 8. The van der Waals surface area contributed by atoms with Gasteiger partial charge in [0.05, 0.1) is 28.8 Å². The lowest BCUT2D eigenvalue weighted by Crippen LogP contribution is -2.51. The van der Waals surface area contributed by atoms with E-state index in [9.17, 15) is 9.59 Å². The van der Waals surface area contributed by atoms with Crippen molar-refractivity contribution in [1.82, 2.24) is 15.3 Å². The van der Waals surface area contributed by atoms with Crippen LogP contribution in [0, 0.1) is 23.7 Å². The molecular weight excluding hydrogens is 384 g/mol. The molecule has 2 amide bonds. The molecule has 0 aliphatic heterocycles. The minimum atomic E-state index is -1.14. The van der Waals surface area contributed by atoms with Crippen molar-refractivity contribution < 1.29 is 9.59 Å². The monoisotopic (exact) mass is 406 g/mol. The molecule has 2 rings (SSSR count). The predicted octanol–water partition coefficient (Wildman–Crippen LogP) is 2.07. The van der Waals surface area contributed by atoms with Crippen molar-refractivity contribution in [3.8, 4) is 16.6 Å². The summed E-state index contributed by atoms with van der Waals surface area (Å²) in [6.07, 6.45) is 0.256. The zero-order chi connectivity index (χ0) is 20.2. The molecular formula is C17H22N6O2S2. The Balaban J connectivity index is 2.13. The van der Waals surface area contributed by atoms with Gasteiger partial charge in [0.15, 0.2) is 11.2 Å². The van der Waals surface area contributed by atoms with Gasteiger partial charge in [-0.2, -0.15) is 5.26 Å². The lowest BCUT2D eigenvalue weighted by Gasteiger charge is -2.22. The summed E-state index contributed by atoms with van der Waals surface area (Å²) in [5.74, 6) is -1.29. The number of anilines is 1. The van der Waals surface area contributed by atoms with Crippen molar-refractivity contribution in [2.75, 3.05) is 11.9 Å². The number of carbonyl (C=O) groups is 2. The van der Waals surface area contributed by atoms with Gasteiger partial charge in [0.1, 0.15) is 5.01 Å². The molecule has 1 unspecified atom stereocenters. The number of carbonyl (C=O) groups excluding carboxylic acids is 2. The Labute approximate surface area is 165 Å². The van der Waals surface area contributed by atoms with Gasteiger partial charge in [-0.15, -0.1) is 11.3 Å². The number of aryl methyl sites for hydroxylation is 1. The summed E-state index contributed by atoms with van der Waals surface area (Å²) in [4.78, 5) is 33.7. The number of hydrogen-bond donors (Lipinski definition) is 3. The van der Waals surface area contributed by atoms with Gasteiger partial charge in [-0.25, -0.2) is 9.97 Å². The van der Waals surface area contributed by atoms with Crippen LogP contribution in [-0.4, -0.2) is 34.4 Å². The van der Waals surface area contributed by atoms with Gasteiger partial charge >= 0.3 is 0 Å². The number of thiazole rings is 2. The number of amides is 2. The number of nitriles is 1. The first kappa shape index (κ1) is 21.0. The van der Waals surface area contributed by atoms with Crippen molar-refractivity contribution in [2.24, 2.45) is 11.1 Å². The zero-order valence-electron chi connectivity index (χ0n) is 15.6. The van der Waals surface area contributed by atoms with Crippen LogP contribution in [0.1, 0.15) is 31.5 Å². The van der Waals surface area contributed by atoms with Gasteiger partial charge in [0, 0.05) is 11.9 Å². The molecule has 27 heavy (non-hydrogen) atoms. The van der Waals surface area contributed by atoms with Gasteiger partial charge in [0.2, 0.25) is 5.91 Å². The highest BCUT2D eigenvalue weighted by molar-refractivity contribution is 7.19. The van der Waals surface area contributed by atoms with Gasteiger partial charge in [0.25, 0.3) is 5.91 Å². The summed E-state index contributed by atoms with van der Waals surface area (Å²) in [7, 11) is 0. The van der Waals surface area contributed by atoms with Crippen molar-refractivity contribution in [3.63, 3.8) is 0 Å². The number of nitrogens with one attached hydrogen (secondary N) is 2. The Morgan fingerprint density at radius 2 is 2.07 bits per heavy atom. The molecule has 10 heteroatoms. The maximum atomic E-state index is 12.5. The third-order valence-electron chi connectivity index (χ3n) is 3.42. The average Bonchev–Trinajstić information content (AvgIpc) is 3.12. The largest absolute Gasteiger partial charge is 0.368 e. The fraction of sp³-hybridized carbons (Fsp3) is 0.471. The van der Waals surface area contributed by atoms with Gasteiger partial charge in [-0.1, -0.05) is 32.1 Å². The van der Waals surface area contributed by atoms with Crippen molar-refractivity contribution >= 4 is 39.6 Å². The molecule has 0 aliphatic carbocycles. The molecule has 2 heterocycles. The second-order valence-corrected chi connectivity index (χ2v) is 9.10. The van der Waals surface area contributed by atoms with Crippen molar-refractivity contribution in [3.05, 3.63) is 16.1 Å². The molecule has 4 N–H and O–H groups in total. The Morgan fingerprint density at radius 3 is 2.67 bits per heavy atom. The molecule has 0 spiro atoms. The molecule has 0 saturated heterocycles. The maximum absolute atomic E-state index is 12.5. The van der Waals surface area contributed by atoms with Gasteiger partial charge < -0.3 is 11.1 Å². The Bertz CT molecular complexity index is 875. The van der Waals surface area contributed by atoms with Gasteiger partial charge in [-0.05, 0) is 12.3 Å². The Morgan fingerprint density at radius 1 is 1.37 bits per heavy atom. The topological polar surface area (TPSA) is 134 Å². The van der Waals surface area contributed by atoms with E-state index >= 15 is 0 Å². The smallest absolute Gasteiger partial charge is 0.253 e. The van der Waals surface area contributed by atoms with E-state index in [-0.39, 0.29) is 11.8 Å². The lowest BCUT2D eigenvalue weighted by atomic mass is 9.96. The average molecular weight is 407 g/mol. The summed E-state index contributed by atoms with van der Waals surface area (Å²) < 4.78 is 0. The standard InChI is InChI=1S/C17H22N6O2S2/c1-9-13(10-7-26-11(22-10)5-6-18)27-16(21-9)23-15(25)12(14(19)24)20-8-17(2,3)4/h7,12,20H,5,8H2,1-4H3,(H2,19,24)(H,21,23,25). The first-order chi connectivity index (χ1) is 12.6. The summed E-state index contributed by atoms with van der Waals surface area (Å²) in [5.41, 5.74) is 6.69. The predicted molar refractivity (Wildman–Crippen MR) is 106 cm³/mol.